The van der Waals surface area contributed by atoms with Crippen molar-refractivity contribution in [3.8, 4) is 0 Å². The van der Waals surface area contributed by atoms with Gasteiger partial charge < -0.3 is 14.6 Å². The van der Waals surface area contributed by atoms with Gasteiger partial charge in [0.15, 0.2) is 0 Å². The number of carbonyl (C=O) groups excluding carboxylic acids is 1. The van der Waals surface area contributed by atoms with Crippen molar-refractivity contribution in [1.82, 2.24) is 14.9 Å². The molecule has 0 bridgehead atoms. The van der Waals surface area contributed by atoms with Gasteiger partial charge in [0.2, 0.25) is 5.91 Å². The van der Waals surface area contributed by atoms with Crippen LogP contribution in [0.4, 0.5) is 4.39 Å². The number of nitrogens with one attached hydrogen (secondary N) is 1. The molecule has 0 atom stereocenters. The lowest BCUT2D eigenvalue weighted by atomic mass is 10.1. The molecule has 6 nitrogen and oxygen atoms in total. The molecule has 1 amide bonds. The van der Waals surface area contributed by atoms with E-state index in [1.54, 1.807) is 36.9 Å². The molecule has 0 radical (unpaired) electrons. The van der Waals surface area contributed by atoms with Crippen molar-refractivity contribution in [2.45, 2.75) is 33.0 Å². The largest absolute Gasteiger partial charge is 0.370 e. The molecule has 132 valence electrons. The van der Waals surface area contributed by atoms with Crippen molar-refractivity contribution in [3.63, 3.8) is 0 Å². The SMILES string of the molecule is Cc1nc(C)c(CC(=O)N2CC(OCc3ccccc3F)C2)c(=O)[nH]1. The lowest BCUT2D eigenvalue weighted by Gasteiger charge is -2.39. The molecule has 0 spiro atoms. The molecular weight excluding hydrogens is 325 g/mol. The fourth-order valence-corrected chi connectivity index (χ4v) is 2.79. The van der Waals surface area contributed by atoms with Crippen LogP contribution in [0.1, 0.15) is 22.6 Å². The average Bonchev–Trinajstić information content (AvgIpc) is 2.51. The number of ether oxygens (including phenoxy) is 1. The molecule has 2 aromatic rings. The molecular formula is C18H20FN3O3. The summed E-state index contributed by atoms with van der Waals surface area (Å²) < 4.78 is 19.2. The van der Waals surface area contributed by atoms with Crippen LogP contribution < -0.4 is 5.56 Å². The maximum atomic E-state index is 13.5. The van der Waals surface area contributed by atoms with Gasteiger partial charge in [0.25, 0.3) is 5.56 Å². The molecule has 7 heteroatoms. The predicted molar refractivity (Wildman–Crippen MR) is 89.6 cm³/mol. The summed E-state index contributed by atoms with van der Waals surface area (Å²) in [7, 11) is 0. The first-order valence-electron chi connectivity index (χ1n) is 8.13. The summed E-state index contributed by atoms with van der Waals surface area (Å²) >= 11 is 0. The second-order valence-corrected chi connectivity index (χ2v) is 6.22. The van der Waals surface area contributed by atoms with Gasteiger partial charge in [-0.1, -0.05) is 18.2 Å². The van der Waals surface area contributed by atoms with Gasteiger partial charge in [-0.15, -0.1) is 0 Å². The molecule has 25 heavy (non-hydrogen) atoms. The van der Waals surface area contributed by atoms with E-state index in [1.807, 2.05) is 0 Å². The molecule has 1 N–H and O–H groups in total. The van der Waals surface area contributed by atoms with Gasteiger partial charge in [0.1, 0.15) is 11.6 Å². The highest BCUT2D eigenvalue weighted by molar-refractivity contribution is 5.79. The number of halogens is 1. The number of aromatic nitrogens is 2. The molecule has 2 heterocycles. The van der Waals surface area contributed by atoms with E-state index in [1.165, 1.54) is 6.07 Å². The van der Waals surface area contributed by atoms with E-state index >= 15 is 0 Å². The van der Waals surface area contributed by atoms with E-state index < -0.39 is 0 Å². The van der Waals surface area contributed by atoms with Crippen molar-refractivity contribution in [3.05, 3.63) is 63.1 Å². The average molecular weight is 345 g/mol. The van der Waals surface area contributed by atoms with Crippen LogP contribution in [0.5, 0.6) is 0 Å². The number of nitrogens with zero attached hydrogens (tertiary/aromatic N) is 2. The van der Waals surface area contributed by atoms with Gasteiger partial charge in [-0.25, -0.2) is 9.37 Å². The summed E-state index contributed by atoms with van der Waals surface area (Å²) in [4.78, 5) is 32.7. The van der Waals surface area contributed by atoms with Gasteiger partial charge in [-0.2, -0.15) is 0 Å². The first kappa shape index (κ1) is 17.3. The number of hydrogen-bond donors (Lipinski definition) is 1. The van der Waals surface area contributed by atoms with Crippen LogP contribution in [0, 0.1) is 19.7 Å². The zero-order valence-corrected chi connectivity index (χ0v) is 14.2. The molecule has 1 aliphatic rings. The summed E-state index contributed by atoms with van der Waals surface area (Å²) in [6.45, 7) is 4.50. The molecule has 0 saturated carbocycles. The third kappa shape index (κ3) is 3.93. The van der Waals surface area contributed by atoms with E-state index in [4.69, 9.17) is 4.74 Å². The molecule has 1 aromatic heterocycles. The van der Waals surface area contributed by atoms with Crippen LogP contribution in [0.2, 0.25) is 0 Å². The van der Waals surface area contributed by atoms with Gasteiger partial charge >= 0.3 is 0 Å². The van der Waals surface area contributed by atoms with Crippen molar-refractivity contribution < 1.29 is 13.9 Å². The molecule has 3 rings (SSSR count). The maximum absolute atomic E-state index is 13.5. The minimum Gasteiger partial charge on any atom is -0.370 e. The zero-order valence-electron chi connectivity index (χ0n) is 14.2. The molecule has 0 unspecified atom stereocenters. The number of benzene rings is 1. The maximum Gasteiger partial charge on any atom is 0.254 e. The smallest absolute Gasteiger partial charge is 0.254 e. The fourth-order valence-electron chi connectivity index (χ4n) is 2.79. The summed E-state index contributed by atoms with van der Waals surface area (Å²) in [5.74, 6) is 0.102. The zero-order chi connectivity index (χ0) is 18.0. The summed E-state index contributed by atoms with van der Waals surface area (Å²) in [6, 6.07) is 6.46. The Bertz CT molecular complexity index is 844. The summed E-state index contributed by atoms with van der Waals surface area (Å²) in [5, 5.41) is 0. The number of carbonyl (C=O) groups is 1. The van der Waals surface area contributed by atoms with Crippen LogP contribution in [-0.2, 0) is 22.6 Å². The molecule has 1 aromatic carbocycles. The summed E-state index contributed by atoms with van der Waals surface area (Å²) in [6.07, 6.45) is -0.0897. The molecule has 1 fully saturated rings. The highest BCUT2D eigenvalue weighted by atomic mass is 19.1. The number of aryl methyl sites for hydroxylation is 2. The van der Waals surface area contributed by atoms with Crippen LogP contribution in [-0.4, -0.2) is 40.0 Å². The number of aromatic amines is 1. The highest BCUT2D eigenvalue weighted by Gasteiger charge is 2.32. The van der Waals surface area contributed by atoms with Crippen LogP contribution in [0.25, 0.3) is 0 Å². The monoisotopic (exact) mass is 345 g/mol. The second-order valence-electron chi connectivity index (χ2n) is 6.22. The third-order valence-corrected chi connectivity index (χ3v) is 4.30. The Morgan fingerprint density at radius 3 is 2.76 bits per heavy atom. The summed E-state index contributed by atoms with van der Waals surface area (Å²) in [5.41, 5.74) is 1.19. The minimum atomic E-state index is -0.295. The lowest BCUT2D eigenvalue weighted by Crippen LogP contribution is -2.55. The Morgan fingerprint density at radius 1 is 1.36 bits per heavy atom. The number of amides is 1. The number of rotatable bonds is 5. The first-order chi connectivity index (χ1) is 11.9. The number of hydrogen-bond acceptors (Lipinski definition) is 4. The van der Waals surface area contributed by atoms with E-state index in [-0.39, 0.29) is 36.4 Å². The molecule has 1 aliphatic heterocycles. The van der Waals surface area contributed by atoms with Crippen LogP contribution in [0.3, 0.4) is 0 Å². The lowest BCUT2D eigenvalue weighted by molar-refractivity contribution is -0.145. The van der Waals surface area contributed by atoms with Crippen molar-refractivity contribution in [2.24, 2.45) is 0 Å². The standard InChI is InChI=1S/C18H20FN3O3/c1-11-15(18(24)21-12(2)20-11)7-17(23)22-8-14(9-22)25-10-13-5-3-4-6-16(13)19/h3-6,14H,7-10H2,1-2H3,(H,20,21,24). The van der Waals surface area contributed by atoms with Gasteiger partial charge in [0.05, 0.1) is 19.1 Å². The molecule has 1 saturated heterocycles. The topological polar surface area (TPSA) is 75.3 Å². The van der Waals surface area contributed by atoms with Crippen molar-refractivity contribution in [1.29, 1.82) is 0 Å². The van der Waals surface area contributed by atoms with Gasteiger partial charge in [-0.3, -0.25) is 9.59 Å². The van der Waals surface area contributed by atoms with E-state index in [2.05, 4.69) is 9.97 Å². The molecule has 0 aliphatic carbocycles. The number of likely N-dealkylation sites (tertiary alicyclic amines) is 1. The quantitative estimate of drug-likeness (QED) is 0.891. The second kappa shape index (κ2) is 7.14. The minimum absolute atomic E-state index is 0.0223. The fraction of sp³-hybridized carbons (Fsp3) is 0.389. The number of H-pyrrole nitrogens is 1. The Balaban J connectivity index is 1.50. The van der Waals surface area contributed by atoms with E-state index in [0.717, 1.165) is 0 Å². The van der Waals surface area contributed by atoms with Gasteiger partial charge in [0, 0.05) is 29.9 Å². The van der Waals surface area contributed by atoms with E-state index in [0.29, 0.717) is 35.7 Å². The first-order valence-corrected chi connectivity index (χ1v) is 8.13. The Kier molecular flexibility index (Phi) is 4.94. The highest BCUT2D eigenvalue weighted by Crippen LogP contribution is 2.17. The van der Waals surface area contributed by atoms with Crippen LogP contribution in [0.15, 0.2) is 29.1 Å². The van der Waals surface area contributed by atoms with Gasteiger partial charge in [-0.05, 0) is 19.9 Å². The third-order valence-electron chi connectivity index (χ3n) is 4.30. The van der Waals surface area contributed by atoms with Crippen molar-refractivity contribution >= 4 is 5.91 Å². The predicted octanol–water partition coefficient (Wildman–Crippen LogP) is 1.50. The van der Waals surface area contributed by atoms with E-state index in [9.17, 15) is 14.0 Å². The van der Waals surface area contributed by atoms with Crippen LogP contribution >= 0.6 is 0 Å². The Morgan fingerprint density at radius 2 is 2.08 bits per heavy atom. The van der Waals surface area contributed by atoms with Crippen molar-refractivity contribution in [2.75, 3.05) is 13.1 Å². The normalized spacial score (nSPS) is 14.4. The Labute approximate surface area is 144 Å². The Hall–Kier alpha value is -2.54.